The highest BCUT2D eigenvalue weighted by Crippen LogP contribution is 2.28. The summed E-state index contributed by atoms with van der Waals surface area (Å²) >= 11 is 3.16. The molecule has 0 bridgehead atoms. The standard InChI is InChI=1S/C17H12BrN3O5/c1-9(20-16(23)11-4-2-3-5-12(11)17(20)24)15(22)19-14-7-6-10(21(25)26)8-13(14)18/h2-9H,1H3,(H,19,22). The second kappa shape index (κ2) is 6.68. The van der Waals surface area contributed by atoms with Crippen LogP contribution in [0.3, 0.4) is 0 Å². The minimum Gasteiger partial charge on any atom is -0.323 e. The second-order valence-electron chi connectivity index (χ2n) is 5.61. The van der Waals surface area contributed by atoms with E-state index in [-0.39, 0.29) is 16.8 Å². The van der Waals surface area contributed by atoms with Gasteiger partial charge in [0.05, 0.1) is 21.7 Å². The number of fused-ring (bicyclic) bond motifs is 1. The average Bonchev–Trinajstić information content (AvgIpc) is 2.87. The molecule has 8 nitrogen and oxygen atoms in total. The Balaban J connectivity index is 1.80. The Hall–Kier alpha value is -3.07. The largest absolute Gasteiger partial charge is 0.323 e. The lowest BCUT2D eigenvalue weighted by Crippen LogP contribution is -2.45. The van der Waals surface area contributed by atoms with Crippen LogP contribution in [0.15, 0.2) is 46.9 Å². The molecule has 1 N–H and O–H groups in total. The molecule has 3 amide bonds. The number of nitro benzene ring substituents is 1. The van der Waals surface area contributed by atoms with Gasteiger partial charge in [-0.25, -0.2) is 0 Å². The average molecular weight is 418 g/mol. The predicted molar refractivity (Wildman–Crippen MR) is 95.8 cm³/mol. The number of nitrogens with zero attached hydrogens (tertiary/aromatic N) is 2. The van der Waals surface area contributed by atoms with E-state index in [9.17, 15) is 24.5 Å². The number of anilines is 1. The van der Waals surface area contributed by atoms with E-state index >= 15 is 0 Å². The zero-order valence-electron chi connectivity index (χ0n) is 13.4. The number of carbonyl (C=O) groups is 3. The molecule has 1 heterocycles. The van der Waals surface area contributed by atoms with E-state index in [0.717, 1.165) is 4.90 Å². The van der Waals surface area contributed by atoms with Crippen LogP contribution in [0.2, 0.25) is 0 Å². The summed E-state index contributed by atoms with van der Waals surface area (Å²) in [6.07, 6.45) is 0. The van der Waals surface area contributed by atoms with Gasteiger partial charge in [-0.3, -0.25) is 29.4 Å². The molecule has 2 aromatic carbocycles. The maximum Gasteiger partial charge on any atom is 0.270 e. The molecule has 2 aromatic rings. The minimum atomic E-state index is -1.05. The zero-order valence-corrected chi connectivity index (χ0v) is 15.0. The lowest BCUT2D eigenvalue weighted by atomic mass is 10.1. The van der Waals surface area contributed by atoms with E-state index in [4.69, 9.17) is 0 Å². The zero-order chi connectivity index (χ0) is 19.0. The van der Waals surface area contributed by atoms with Gasteiger partial charge in [0.25, 0.3) is 17.5 Å². The fraction of sp³-hybridized carbons (Fsp3) is 0.118. The summed E-state index contributed by atoms with van der Waals surface area (Å²) in [5.74, 6) is -1.65. The third-order valence-corrected chi connectivity index (χ3v) is 4.67. The van der Waals surface area contributed by atoms with Crippen LogP contribution in [-0.4, -0.2) is 33.6 Å². The van der Waals surface area contributed by atoms with E-state index < -0.39 is 28.7 Å². The first-order chi connectivity index (χ1) is 12.3. The maximum atomic E-state index is 12.5. The summed E-state index contributed by atoms with van der Waals surface area (Å²) in [7, 11) is 0. The van der Waals surface area contributed by atoms with Crippen molar-refractivity contribution in [1.82, 2.24) is 4.90 Å². The van der Waals surface area contributed by atoms with E-state index in [1.54, 1.807) is 12.1 Å². The quantitative estimate of drug-likeness (QED) is 0.467. The van der Waals surface area contributed by atoms with Crippen molar-refractivity contribution in [2.45, 2.75) is 13.0 Å². The summed E-state index contributed by atoms with van der Waals surface area (Å²) in [6, 6.07) is 9.17. The summed E-state index contributed by atoms with van der Waals surface area (Å²) in [4.78, 5) is 48.5. The van der Waals surface area contributed by atoms with Crippen molar-refractivity contribution in [3.8, 4) is 0 Å². The molecule has 1 unspecified atom stereocenters. The van der Waals surface area contributed by atoms with Crippen molar-refractivity contribution in [2.75, 3.05) is 5.32 Å². The molecule has 0 aliphatic carbocycles. The third kappa shape index (κ3) is 2.97. The molecule has 1 atom stereocenters. The SMILES string of the molecule is CC(C(=O)Nc1ccc([N+](=O)[O-])cc1Br)N1C(=O)c2ccccc2C1=O. The number of halogens is 1. The van der Waals surface area contributed by atoms with Crippen LogP contribution in [0.25, 0.3) is 0 Å². The van der Waals surface area contributed by atoms with Gasteiger partial charge in [0, 0.05) is 16.6 Å². The Morgan fingerprint density at radius 3 is 2.23 bits per heavy atom. The number of carbonyl (C=O) groups excluding carboxylic acids is 3. The molecule has 0 saturated heterocycles. The molecule has 0 fully saturated rings. The lowest BCUT2D eigenvalue weighted by molar-refractivity contribution is -0.384. The summed E-state index contributed by atoms with van der Waals surface area (Å²) < 4.78 is 0.314. The van der Waals surface area contributed by atoms with Crippen LogP contribution >= 0.6 is 15.9 Å². The summed E-state index contributed by atoms with van der Waals surface area (Å²) in [5, 5.41) is 13.3. The molecule has 0 radical (unpaired) electrons. The van der Waals surface area contributed by atoms with E-state index in [0.29, 0.717) is 10.2 Å². The Labute approximate surface area is 156 Å². The van der Waals surface area contributed by atoms with Gasteiger partial charge in [-0.15, -0.1) is 0 Å². The number of nitrogens with one attached hydrogen (secondary N) is 1. The van der Waals surface area contributed by atoms with Crippen LogP contribution in [0.4, 0.5) is 11.4 Å². The Kier molecular flexibility index (Phi) is 4.56. The van der Waals surface area contributed by atoms with E-state index in [2.05, 4.69) is 21.2 Å². The molecule has 0 spiro atoms. The van der Waals surface area contributed by atoms with Crippen LogP contribution < -0.4 is 5.32 Å². The third-order valence-electron chi connectivity index (χ3n) is 4.01. The molecular weight excluding hydrogens is 406 g/mol. The first-order valence-corrected chi connectivity index (χ1v) is 8.32. The fourth-order valence-corrected chi connectivity index (χ4v) is 3.10. The van der Waals surface area contributed by atoms with E-state index in [1.807, 2.05) is 0 Å². The molecule has 132 valence electrons. The van der Waals surface area contributed by atoms with Gasteiger partial charge in [-0.1, -0.05) is 12.1 Å². The highest BCUT2D eigenvalue weighted by molar-refractivity contribution is 9.10. The van der Waals surface area contributed by atoms with Crippen molar-refractivity contribution in [3.63, 3.8) is 0 Å². The number of hydrogen-bond donors (Lipinski definition) is 1. The van der Waals surface area contributed by atoms with Crippen LogP contribution in [0.5, 0.6) is 0 Å². The maximum absolute atomic E-state index is 12.5. The topological polar surface area (TPSA) is 110 Å². The predicted octanol–water partition coefficient (Wildman–Crippen LogP) is 2.98. The molecule has 3 rings (SSSR count). The fourth-order valence-electron chi connectivity index (χ4n) is 2.63. The van der Waals surface area contributed by atoms with Gasteiger partial charge >= 0.3 is 0 Å². The highest BCUT2D eigenvalue weighted by atomic mass is 79.9. The van der Waals surface area contributed by atoms with E-state index in [1.165, 1.54) is 37.3 Å². The number of rotatable bonds is 4. The number of nitro groups is 1. The molecule has 9 heteroatoms. The van der Waals surface area contributed by atoms with Gasteiger partial charge in [0.2, 0.25) is 5.91 Å². The van der Waals surface area contributed by atoms with Crippen molar-refractivity contribution in [3.05, 3.63) is 68.2 Å². The normalized spacial score (nSPS) is 14.2. The molecule has 0 saturated carbocycles. The monoisotopic (exact) mass is 417 g/mol. The van der Waals surface area contributed by atoms with Gasteiger partial charge < -0.3 is 5.32 Å². The molecular formula is C17H12BrN3O5. The first kappa shape index (κ1) is 17.7. The number of benzene rings is 2. The number of imide groups is 1. The number of non-ortho nitro benzene ring substituents is 1. The van der Waals surface area contributed by atoms with Gasteiger partial charge in [-0.05, 0) is 41.1 Å². The Morgan fingerprint density at radius 2 is 1.73 bits per heavy atom. The summed E-state index contributed by atoms with van der Waals surface area (Å²) in [6.45, 7) is 1.44. The highest BCUT2D eigenvalue weighted by Gasteiger charge is 2.40. The van der Waals surface area contributed by atoms with Gasteiger partial charge in [0.15, 0.2) is 0 Å². The molecule has 0 aromatic heterocycles. The van der Waals surface area contributed by atoms with Crippen molar-refractivity contribution < 1.29 is 19.3 Å². The Morgan fingerprint density at radius 1 is 1.15 bits per heavy atom. The van der Waals surface area contributed by atoms with Gasteiger partial charge in [-0.2, -0.15) is 0 Å². The number of hydrogen-bond acceptors (Lipinski definition) is 5. The lowest BCUT2D eigenvalue weighted by Gasteiger charge is -2.22. The summed E-state index contributed by atoms with van der Waals surface area (Å²) in [5.41, 5.74) is 0.676. The smallest absolute Gasteiger partial charge is 0.270 e. The number of amides is 3. The van der Waals surface area contributed by atoms with Crippen LogP contribution in [-0.2, 0) is 4.79 Å². The van der Waals surface area contributed by atoms with Crippen molar-refractivity contribution in [1.29, 1.82) is 0 Å². The molecule has 26 heavy (non-hydrogen) atoms. The minimum absolute atomic E-state index is 0.136. The first-order valence-electron chi connectivity index (χ1n) is 7.53. The van der Waals surface area contributed by atoms with Crippen molar-refractivity contribution in [2.24, 2.45) is 0 Å². The Bertz CT molecular complexity index is 924. The molecule has 1 aliphatic rings. The van der Waals surface area contributed by atoms with Crippen molar-refractivity contribution >= 4 is 45.0 Å². The van der Waals surface area contributed by atoms with Crippen LogP contribution in [0.1, 0.15) is 27.6 Å². The molecule has 1 aliphatic heterocycles. The van der Waals surface area contributed by atoms with Crippen LogP contribution in [0, 0.1) is 10.1 Å². The van der Waals surface area contributed by atoms with Gasteiger partial charge in [0.1, 0.15) is 6.04 Å². The second-order valence-corrected chi connectivity index (χ2v) is 6.47.